The fourth-order valence-electron chi connectivity index (χ4n) is 0.228. The molecule has 0 aliphatic heterocycles. The van der Waals surface area contributed by atoms with E-state index in [1.54, 1.807) is 7.11 Å². The molecule has 0 bridgehead atoms. The van der Waals surface area contributed by atoms with Gasteiger partial charge < -0.3 is 10.4 Å². The van der Waals surface area contributed by atoms with E-state index in [9.17, 15) is 0 Å². The van der Waals surface area contributed by atoms with Crippen LogP contribution in [0.3, 0.4) is 0 Å². The first-order valence-electron chi connectivity index (χ1n) is 2.11. The molecule has 3 heteroatoms. The molecule has 0 rings (SSSR count). The van der Waals surface area contributed by atoms with Crippen LogP contribution in [-0.4, -0.2) is 21.1 Å². The zero-order chi connectivity index (χ0) is 4.83. The summed E-state index contributed by atoms with van der Waals surface area (Å²) < 4.78 is 4.70. The van der Waals surface area contributed by atoms with Gasteiger partial charge in [-0.15, -0.1) is 0 Å². The highest BCUT2D eigenvalue weighted by atomic mass is 16.5. The van der Waals surface area contributed by atoms with E-state index in [0.717, 1.165) is 20.3 Å². The summed E-state index contributed by atoms with van der Waals surface area (Å²) in [4.78, 5) is 0. The fourth-order valence-corrected chi connectivity index (χ4v) is 0.228. The predicted octanol–water partition coefficient (Wildman–Crippen LogP) is -0.639. The lowest BCUT2D eigenvalue weighted by Crippen LogP contribution is -2.05. The summed E-state index contributed by atoms with van der Waals surface area (Å²) in [6, 6.07) is 0. The molecular weight excluding hydrogens is 76.9 g/mol. The molecule has 0 saturated carbocycles. The number of ether oxygens (including phenoxy) is 1. The topological polar surface area (TPSA) is 35.2 Å². The molecule has 0 aromatic heterocycles. The first kappa shape index (κ1) is 5.98. The maximum Gasteiger partial charge on any atom is 0.200 e. The summed E-state index contributed by atoms with van der Waals surface area (Å²) in [5.41, 5.74) is 5.13. The van der Waals surface area contributed by atoms with E-state index < -0.39 is 0 Å². The predicted molar refractivity (Wildman–Crippen MR) is 28.0 cm³/mol. The van der Waals surface area contributed by atoms with Crippen LogP contribution in [0.4, 0.5) is 0 Å². The van der Waals surface area contributed by atoms with Crippen LogP contribution in [0.25, 0.3) is 0 Å². The van der Waals surface area contributed by atoms with Crippen molar-refractivity contribution in [3.05, 3.63) is 0 Å². The molecule has 0 aromatic rings. The Morgan fingerprint density at radius 1 is 1.83 bits per heavy atom. The van der Waals surface area contributed by atoms with Crippen LogP contribution in [0.2, 0.25) is 6.32 Å². The van der Waals surface area contributed by atoms with Gasteiger partial charge in [0.15, 0.2) is 0 Å². The van der Waals surface area contributed by atoms with Crippen LogP contribution >= 0.6 is 0 Å². The van der Waals surface area contributed by atoms with Crippen LogP contribution in [0.1, 0.15) is 0 Å². The van der Waals surface area contributed by atoms with E-state index in [1.807, 2.05) is 0 Å². The zero-order valence-corrected chi connectivity index (χ0v) is 4.11. The Kier molecular flexibility index (Phi) is 4.97. The monoisotopic (exact) mass is 87.1 g/mol. The van der Waals surface area contributed by atoms with Gasteiger partial charge in [-0.25, -0.2) is 0 Å². The lowest BCUT2D eigenvalue weighted by atomic mass is 9.93. The third-order valence-corrected chi connectivity index (χ3v) is 0.553. The normalized spacial score (nSPS) is 8.33. The second-order valence-electron chi connectivity index (χ2n) is 1.14. The molecule has 0 amide bonds. The molecule has 0 aromatic carbocycles. The number of hydrogen-bond donors (Lipinski definition) is 1. The number of methoxy groups -OCH3 is 1. The third-order valence-electron chi connectivity index (χ3n) is 0.553. The second kappa shape index (κ2) is 4.98. The van der Waals surface area contributed by atoms with Gasteiger partial charge in [-0.1, -0.05) is 0 Å². The summed E-state index contributed by atoms with van der Waals surface area (Å²) in [5.74, 6) is 0. The van der Waals surface area contributed by atoms with Crippen molar-refractivity contribution in [2.24, 2.45) is 5.64 Å². The molecule has 2 nitrogen and oxygen atoms in total. The van der Waals surface area contributed by atoms with Gasteiger partial charge in [0.1, 0.15) is 0 Å². The lowest BCUT2D eigenvalue weighted by Gasteiger charge is -1.88. The van der Waals surface area contributed by atoms with Crippen molar-refractivity contribution in [2.45, 2.75) is 6.32 Å². The van der Waals surface area contributed by atoms with Crippen molar-refractivity contribution in [1.29, 1.82) is 0 Å². The summed E-state index contributed by atoms with van der Waals surface area (Å²) in [7, 11) is 2.41. The first-order valence-corrected chi connectivity index (χ1v) is 2.11. The summed E-state index contributed by atoms with van der Waals surface area (Å²) in [6.07, 6.45) is 0.969. The van der Waals surface area contributed by atoms with Gasteiger partial charge in [0.2, 0.25) is 7.41 Å². The van der Waals surface area contributed by atoms with Gasteiger partial charge in [0, 0.05) is 13.7 Å². The van der Waals surface area contributed by atoms with Crippen molar-refractivity contribution in [3.8, 4) is 0 Å². The van der Waals surface area contributed by atoms with E-state index in [2.05, 4.69) is 0 Å². The Morgan fingerprint density at radius 3 is 2.67 bits per heavy atom. The van der Waals surface area contributed by atoms with Crippen LogP contribution in [0.15, 0.2) is 0 Å². The highest BCUT2D eigenvalue weighted by Gasteiger charge is 1.78. The molecular formula is C3H10BNO. The number of rotatable bonds is 3. The zero-order valence-electron chi connectivity index (χ0n) is 4.11. The van der Waals surface area contributed by atoms with Gasteiger partial charge in [0.25, 0.3) is 0 Å². The minimum Gasteiger partial charge on any atom is -0.385 e. The maximum atomic E-state index is 5.13. The molecule has 0 aliphatic carbocycles. The van der Waals surface area contributed by atoms with Gasteiger partial charge in [-0.2, -0.15) is 0 Å². The Hall–Kier alpha value is -0.0151. The number of nitrogens with two attached hydrogens (primary N) is 1. The average molecular weight is 86.9 g/mol. The third kappa shape index (κ3) is 3.98. The van der Waals surface area contributed by atoms with Crippen molar-refractivity contribution in [1.82, 2.24) is 0 Å². The highest BCUT2D eigenvalue weighted by molar-refractivity contribution is 6.30. The molecule has 0 radical (unpaired) electrons. The molecule has 0 heterocycles. The minimum absolute atomic E-state index is 0.730. The second-order valence-corrected chi connectivity index (χ2v) is 1.14. The lowest BCUT2D eigenvalue weighted by molar-refractivity contribution is 0.215. The van der Waals surface area contributed by atoms with E-state index in [1.165, 1.54) is 0 Å². The Labute approximate surface area is 38.9 Å². The first-order chi connectivity index (χ1) is 2.91. The molecule has 0 saturated heterocycles. The molecule has 0 spiro atoms. The molecule has 6 heavy (non-hydrogen) atoms. The van der Waals surface area contributed by atoms with E-state index in [-0.39, 0.29) is 0 Å². The van der Waals surface area contributed by atoms with E-state index in [0.29, 0.717) is 0 Å². The SMILES string of the molecule is COCCBN. The Bertz CT molecular complexity index is 22.8. The molecule has 2 N–H and O–H groups in total. The van der Waals surface area contributed by atoms with Gasteiger partial charge >= 0.3 is 0 Å². The quantitative estimate of drug-likeness (QED) is 0.367. The summed E-state index contributed by atoms with van der Waals surface area (Å²) in [5, 5.41) is 0. The largest absolute Gasteiger partial charge is 0.385 e. The molecule has 0 atom stereocenters. The van der Waals surface area contributed by atoms with Crippen molar-refractivity contribution >= 4 is 7.41 Å². The van der Waals surface area contributed by atoms with Gasteiger partial charge in [0.05, 0.1) is 0 Å². The number of hydrogen-bond acceptors (Lipinski definition) is 2. The standard InChI is InChI=1S/C3H10BNO/c1-6-3-2-4-5/h4H,2-3,5H2,1H3. The van der Waals surface area contributed by atoms with Crippen molar-refractivity contribution in [2.75, 3.05) is 13.7 Å². The van der Waals surface area contributed by atoms with E-state index >= 15 is 0 Å². The molecule has 0 fully saturated rings. The molecule has 0 unspecified atom stereocenters. The van der Waals surface area contributed by atoms with Crippen LogP contribution in [-0.2, 0) is 4.74 Å². The smallest absolute Gasteiger partial charge is 0.200 e. The Balaban J connectivity index is 2.34. The van der Waals surface area contributed by atoms with E-state index in [4.69, 9.17) is 10.4 Å². The van der Waals surface area contributed by atoms with Crippen LogP contribution in [0, 0.1) is 0 Å². The molecule has 36 valence electrons. The fraction of sp³-hybridized carbons (Fsp3) is 1.00. The van der Waals surface area contributed by atoms with Gasteiger partial charge in [-0.3, -0.25) is 0 Å². The Morgan fingerprint density at radius 2 is 2.50 bits per heavy atom. The summed E-state index contributed by atoms with van der Waals surface area (Å²) >= 11 is 0. The van der Waals surface area contributed by atoms with Crippen LogP contribution < -0.4 is 5.64 Å². The average Bonchev–Trinajstić information content (AvgIpc) is 1.61. The highest BCUT2D eigenvalue weighted by Crippen LogP contribution is 1.71. The van der Waals surface area contributed by atoms with Crippen LogP contribution in [0.5, 0.6) is 0 Å². The summed E-state index contributed by atoms with van der Waals surface area (Å²) in [6.45, 7) is 0.788. The van der Waals surface area contributed by atoms with Crippen molar-refractivity contribution < 1.29 is 4.74 Å². The van der Waals surface area contributed by atoms with Crippen molar-refractivity contribution in [3.63, 3.8) is 0 Å². The molecule has 0 aliphatic rings. The minimum atomic E-state index is 0.730. The van der Waals surface area contributed by atoms with Gasteiger partial charge in [-0.05, 0) is 6.32 Å². The maximum absolute atomic E-state index is 5.13.